The molecular weight excluding hydrogens is 298 g/mol. The van der Waals surface area contributed by atoms with E-state index in [-0.39, 0.29) is 49.2 Å². The van der Waals surface area contributed by atoms with E-state index >= 15 is 0 Å². The standard InChI is InChI=1S/C16H29N3O4/c1-15(2)8-13(18-12-22)9-16(3,10-15)11-17-14(23)19(4-6-20)5-7-21/h13,20-21H,4-11H2,1-3H3,(H,17,23). The van der Waals surface area contributed by atoms with E-state index in [0.717, 1.165) is 19.3 Å². The van der Waals surface area contributed by atoms with E-state index < -0.39 is 0 Å². The molecule has 7 nitrogen and oxygen atoms in total. The highest BCUT2D eigenvalue weighted by Crippen LogP contribution is 2.46. The number of aliphatic imine (C=N–C) groups is 1. The zero-order valence-electron chi connectivity index (χ0n) is 14.3. The lowest BCUT2D eigenvalue weighted by Gasteiger charge is -2.45. The second-order valence-corrected chi connectivity index (χ2v) is 7.53. The molecule has 1 aliphatic rings. The molecule has 3 N–H and O–H groups in total. The van der Waals surface area contributed by atoms with Gasteiger partial charge in [0.05, 0.1) is 19.3 Å². The third-order valence-corrected chi connectivity index (χ3v) is 4.35. The second-order valence-electron chi connectivity index (χ2n) is 7.53. The Morgan fingerprint density at radius 3 is 2.39 bits per heavy atom. The van der Waals surface area contributed by atoms with Crippen LogP contribution in [0.15, 0.2) is 4.99 Å². The number of nitrogens with one attached hydrogen (secondary N) is 1. The maximum Gasteiger partial charge on any atom is 0.317 e. The van der Waals surface area contributed by atoms with Gasteiger partial charge in [-0.2, -0.15) is 0 Å². The predicted molar refractivity (Wildman–Crippen MR) is 86.8 cm³/mol. The monoisotopic (exact) mass is 327 g/mol. The topological polar surface area (TPSA) is 102 Å². The molecule has 7 heteroatoms. The first kappa shape index (κ1) is 19.6. The summed E-state index contributed by atoms with van der Waals surface area (Å²) in [6.07, 6.45) is 4.14. The van der Waals surface area contributed by atoms with Crippen LogP contribution in [0.5, 0.6) is 0 Å². The van der Waals surface area contributed by atoms with Crippen LogP contribution in [0, 0.1) is 10.8 Å². The molecule has 0 aromatic carbocycles. The fourth-order valence-electron chi connectivity index (χ4n) is 3.84. The highest BCUT2D eigenvalue weighted by Gasteiger charge is 2.41. The molecule has 1 fully saturated rings. The first-order valence-electron chi connectivity index (χ1n) is 8.07. The Balaban J connectivity index is 2.69. The van der Waals surface area contributed by atoms with Crippen molar-refractivity contribution in [3.05, 3.63) is 0 Å². The van der Waals surface area contributed by atoms with Crippen molar-refractivity contribution in [3.63, 3.8) is 0 Å². The Hall–Kier alpha value is -1.43. The SMILES string of the molecule is CC1(C)CC(N=C=O)CC(C)(CNC(=O)N(CCO)CCO)C1. The van der Waals surface area contributed by atoms with Crippen LogP contribution < -0.4 is 5.32 Å². The van der Waals surface area contributed by atoms with Crippen LogP contribution in [0.1, 0.15) is 40.0 Å². The number of isocyanates is 1. The van der Waals surface area contributed by atoms with Crippen LogP contribution in [-0.4, -0.2) is 66.1 Å². The van der Waals surface area contributed by atoms with Crippen molar-refractivity contribution in [3.8, 4) is 0 Å². The number of hydrogen-bond acceptors (Lipinski definition) is 5. The summed E-state index contributed by atoms with van der Waals surface area (Å²) in [5.74, 6) is 0. The minimum atomic E-state index is -0.298. The molecule has 2 unspecified atom stereocenters. The Morgan fingerprint density at radius 1 is 1.26 bits per heavy atom. The van der Waals surface area contributed by atoms with Gasteiger partial charge in [-0.15, -0.1) is 0 Å². The van der Waals surface area contributed by atoms with E-state index in [1.165, 1.54) is 4.90 Å². The number of aliphatic hydroxyl groups excluding tert-OH is 2. The maximum atomic E-state index is 12.2. The van der Waals surface area contributed by atoms with E-state index in [9.17, 15) is 9.59 Å². The van der Waals surface area contributed by atoms with Crippen LogP contribution in [0.25, 0.3) is 0 Å². The predicted octanol–water partition coefficient (Wildman–Crippen LogP) is 0.903. The quantitative estimate of drug-likeness (QED) is 0.477. The normalized spacial score (nSPS) is 26.2. The van der Waals surface area contributed by atoms with Crippen LogP contribution in [0.2, 0.25) is 0 Å². The van der Waals surface area contributed by atoms with Crippen molar-refractivity contribution in [2.24, 2.45) is 15.8 Å². The highest BCUT2D eigenvalue weighted by atomic mass is 16.3. The molecular formula is C16H29N3O4. The number of hydrogen-bond donors (Lipinski definition) is 3. The van der Waals surface area contributed by atoms with Gasteiger partial charge in [-0.1, -0.05) is 20.8 Å². The molecule has 1 saturated carbocycles. The number of urea groups is 1. The van der Waals surface area contributed by atoms with E-state index in [1.54, 1.807) is 6.08 Å². The van der Waals surface area contributed by atoms with Crippen molar-refractivity contribution in [1.29, 1.82) is 0 Å². The molecule has 0 saturated heterocycles. The lowest BCUT2D eigenvalue weighted by molar-refractivity contribution is 0.0821. The summed E-state index contributed by atoms with van der Waals surface area (Å²) in [7, 11) is 0. The Kier molecular flexibility index (Phi) is 7.19. The summed E-state index contributed by atoms with van der Waals surface area (Å²) in [5.41, 5.74) is -0.120. The number of amides is 2. The third kappa shape index (κ3) is 6.29. The molecule has 0 aliphatic heterocycles. The lowest BCUT2D eigenvalue weighted by Crippen LogP contribution is -2.49. The van der Waals surface area contributed by atoms with E-state index in [1.807, 2.05) is 0 Å². The summed E-state index contributed by atoms with van der Waals surface area (Å²) in [6, 6.07) is -0.364. The van der Waals surface area contributed by atoms with Gasteiger partial charge in [-0.3, -0.25) is 0 Å². The van der Waals surface area contributed by atoms with Gasteiger partial charge in [0.25, 0.3) is 0 Å². The summed E-state index contributed by atoms with van der Waals surface area (Å²) >= 11 is 0. The van der Waals surface area contributed by atoms with Crippen molar-refractivity contribution in [1.82, 2.24) is 10.2 Å². The van der Waals surface area contributed by atoms with Crippen molar-refractivity contribution < 1.29 is 19.8 Å². The minimum absolute atomic E-state index is 0.0403. The van der Waals surface area contributed by atoms with Gasteiger partial charge in [0.1, 0.15) is 0 Å². The average molecular weight is 327 g/mol. The molecule has 0 spiro atoms. The molecule has 2 atom stereocenters. The molecule has 1 rings (SSSR count). The number of nitrogens with zero attached hydrogens (tertiary/aromatic N) is 2. The Labute approximate surface area is 137 Å². The fraction of sp³-hybridized carbons (Fsp3) is 0.875. The van der Waals surface area contributed by atoms with Gasteiger partial charge in [-0.05, 0) is 30.1 Å². The van der Waals surface area contributed by atoms with Crippen LogP contribution in [-0.2, 0) is 4.79 Å². The molecule has 0 aromatic rings. The molecule has 1 aliphatic carbocycles. The minimum Gasteiger partial charge on any atom is -0.395 e. The van der Waals surface area contributed by atoms with Crippen LogP contribution in [0.4, 0.5) is 4.79 Å². The number of carbonyl (C=O) groups is 1. The maximum absolute atomic E-state index is 12.2. The number of aliphatic hydroxyl groups is 2. The second kappa shape index (κ2) is 8.43. The van der Waals surface area contributed by atoms with Crippen LogP contribution in [0.3, 0.4) is 0 Å². The van der Waals surface area contributed by atoms with Crippen LogP contribution >= 0.6 is 0 Å². The summed E-state index contributed by atoms with van der Waals surface area (Å²) in [4.78, 5) is 28.1. The van der Waals surface area contributed by atoms with Gasteiger partial charge in [-0.25, -0.2) is 14.6 Å². The molecule has 2 amide bonds. The molecule has 0 aromatic heterocycles. The van der Waals surface area contributed by atoms with Crippen molar-refractivity contribution >= 4 is 12.1 Å². The Bertz CT molecular complexity index is 443. The fourth-order valence-corrected chi connectivity index (χ4v) is 3.84. The van der Waals surface area contributed by atoms with Gasteiger partial charge >= 0.3 is 6.03 Å². The zero-order chi connectivity index (χ0) is 17.5. The summed E-state index contributed by atoms with van der Waals surface area (Å²) in [5, 5.41) is 20.9. The van der Waals surface area contributed by atoms with Crippen molar-refractivity contribution in [2.45, 2.75) is 46.1 Å². The molecule has 23 heavy (non-hydrogen) atoms. The van der Waals surface area contributed by atoms with Gasteiger partial charge in [0, 0.05) is 19.6 Å². The molecule has 0 heterocycles. The third-order valence-electron chi connectivity index (χ3n) is 4.35. The average Bonchev–Trinajstić information content (AvgIpc) is 2.43. The van der Waals surface area contributed by atoms with Crippen molar-refractivity contribution in [2.75, 3.05) is 32.8 Å². The summed E-state index contributed by atoms with van der Waals surface area (Å²) in [6.45, 7) is 6.92. The first-order valence-corrected chi connectivity index (χ1v) is 8.07. The van der Waals surface area contributed by atoms with Gasteiger partial charge in [0.2, 0.25) is 6.08 Å². The smallest absolute Gasteiger partial charge is 0.317 e. The zero-order valence-corrected chi connectivity index (χ0v) is 14.3. The van der Waals surface area contributed by atoms with E-state index in [2.05, 4.69) is 31.1 Å². The van der Waals surface area contributed by atoms with Gasteiger partial charge in [0.15, 0.2) is 0 Å². The number of carbonyl (C=O) groups excluding carboxylic acids is 2. The molecule has 0 radical (unpaired) electrons. The largest absolute Gasteiger partial charge is 0.395 e. The lowest BCUT2D eigenvalue weighted by atomic mass is 9.63. The highest BCUT2D eigenvalue weighted by molar-refractivity contribution is 5.74. The summed E-state index contributed by atoms with van der Waals surface area (Å²) < 4.78 is 0. The molecule has 132 valence electrons. The van der Waals surface area contributed by atoms with Gasteiger partial charge < -0.3 is 20.4 Å². The van der Waals surface area contributed by atoms with E-state index in [0.29, 0.717) is 6.54 Å². The first-order chi connectivity index (χ1) is 10.7. The Morgan fingerprint density at radius 2 is 1.87 bits per heavy atom. The number of rotatable bonds is 7. The van der Waals surface area contributed by atoms with E-state index in [4.69, 9.17) is 10.2 Å². The molecule has 0 bridgehead atoms.